The number of nitrogens with two attached hydrogens (primary N) is 1. The van der Waals surface area contributed by atoms with Crippen LogP contribution in [0.1, 0.15) is 22.6 Å². The van der Waals surface area contributed by atoms with Crippen molar-refractivity contribution in [3.8, 4) is 0 Å². The van der Waals surface area contributed by atoms with Crippen molar-refractivity contribution < 1.29 is 0 Å². The number of nitrogens with one attached hydrogen (secondary N) is 1. The molecule has 0 saturated carbocycles. The number of fused-ring (bicyclic) bond motifs is 1. The molecule has 4 nitrogen and oxygen atoms in total. The lowest BCUT2D eigenvalue weighted by molar-refractivity contribution is 0.976. The Morgan fingerprint density at radius 1 is 1.05 bits per heavy atom. The summed E-state index contributed by atoms with van der Waals surface area (Å²) in [5.41, 5.74) is 10.9. The molecule has 0 saturated heterocycles. The van der Waals surface area contributed by atoms with E-state index < -0.39 is 0 Å². The fraction of sp³-hybridized carbons (Fsp3) is 0.200. The SMILES string of the molecule is Cc1ccc2[nH]c(Cc3ccccc3CN)nc2n1. The van der Waals surface area contributed by atoms with E-state index in [0.717, 1.165) is 34.7 Å². The summed E-state index contributed by atoms with van der Waals surface area (Å²) in [6.07, 6.45) is 0.753. The van der Waals surface area contributed by atoms with Gasteiger partial charge < -0.3 is 10.7 Å². The number of hydrogen-bond acceptors (Lipinski definition) is 3. The largest absolute Gasteiger partial charge is 0.340 e. The van der Waals surface area contributed by atoms with E-state index in [1.165, 1.54) is 5.56 Å². The summed E-state index contributed by atoms with van der Waals surface area (Å²) in [7, 11) is 0. The van der Waals surface area contributed by atoms with Crippen molar-refractivity contribution in [1.82, 2.24) is 15.0 Å². The molecule has 3 aromatic rings. The number of aromatic amines is 1. The molecule has 0 atom stereocenters. The summed E-state index contributed by atoms with van der Waals surface area (Å²) in [6, 6.07) is 12.2. The quantitative estimate of drug-likeness (QED) is 0.751. The molecule has 1 aromatic carbocycles. The van der Waals surface area contributed by atoms with Gasteiger partial charge in [-0.3, -0.25) is 0 Å². The molecule has 3 N–H and O–H groups in total. The molecule has 0 aliphatic rings. The van der Waals surface area contributed by atoms with Crippen LogP contribution in [0.25, 0.3) is 11.2 Å². The number of aryl methyl sites for hydroxylation is 1. The molecule has 0 aliphatic carbocycles. The molecule has 0 amide bonds. The fourth-order valence-electron chi connectivity index (χ4n) is 2.23. The van der Waals surface area contributed by atoms with E-state index in [1.807, 2.05) is 31.2 Å². The van der Waals surface area contributed by atoms with Crippen molar-refractivity contribution >= 4 is 11.2 Å². The van der Waals surface area contributed by atoms with Crippen LogP contribution in [0.3, 0.4) is 0 Å². The molecule has 0 bridgehead atoms. The van der Waals surface area contributed by atoms with Crippen LogP contribution in [-0.2, 0) is 13.0 Å². The molecule has 3 rings (SSSR count). The number of benzene rings is 1. The molecular formula is C15H16N4. The second-order valence-corrected chi connectivity index (χ2v) is 4.66. The summed E-state index contributed by atoms with van der Waals surface area (Å²) >= 11 is 0. The van der Waals surface area contributed by atoms with Crippen LogP contribution in [-0.4, -0.2) is 15.0 Å². The minimum atomic E-state index is 0.549. The topological polar surface area (TPSA) is 67.6 Å². The fourth-order valence-corrected chi connectivity index (χ4v) is 2.23. The molecule has 0 spiro atoms. The number of aromatic nitrogens is 3. The highest BCUT2D eigenvalue weighted by molar-refractivity contribution is 5.70. The average molecular weight is 252 g/mol. The predicted octanol–water partition coefficient (Wildman–Crippen LogP) is 2.32. The van der Waals surface area contributed by atoms with E-state index in [9.17, 15) is 0 Å². The molecule has 0 radical (unpaired) electrons. The van der Waals surface area contributed by atoms with Gasteiger partial charge in [0.05, 0.1) is 5.52 Å². The van der Waals surface area contributed by atoms with Gasteiger partial charge in [-0.25, -0.2) is 9.97 Å². The zero-order valence-electron chi connectivity index (χ0n) is 10.9. The Bertz CT molecular complexity index is 715. The lowest BCUT2D eigenvalue weighted by Gasteiger charge is -2.04. The molecule has 0 unspecified atom stereocenters. The molecule has 2 aromatic heterocycles. The lowest BCUT2D eigenvalue weighted by Crippen LogP contribution is -2.02. The molecule has 4 heteroatoms. The second kappa shape index (κ2) is 4.82. The van der Waals surface area contributed by atoms with E-state index in [1.54, 1.807) is 0 Å². The summed E-state index contributed by atoms with van der Waals surface area (Å²) in [5.74, 6) is 0.925. The Labute approximate surface area is 111 Å². The standard InChI is InChI=1S/C15H16N4/c1-10-6-7-13-15(17-10)19-14(18-13)8-11-4-2-3-5-12(11)9-16/h2-7H,8-9,16H2,1H3,(H,17,18,19). The highest BCUT2D eigenvalue weighted by Gasteiger charge is 2.07. The normalized spacial score (nSPS) is 11.1. The number of pyridine rings is 1. The monoisotopic (exact) mass is 252 g/mol. The van der Waals surface area contributed by atoms with Crippen molar-refractivity contribution in [2.75, 3.05) is 0 Å². The van der Waals surface area contributed by atoms with Gasteiger partial charge in [0.2, 0.25) is 0 Å². The molecular weight excluding hydrogens is 236 g/mol. The maximum atomic E-state index is 5.76. The van der Waals surface area contributed by atoms with Crippen molar-refractivity contribution in [2.24, 2.45) is 5.73 Å². The highest BCUT2D eigenvalue weighted by atomic mass is 15.0. The van der Waals surface area contributed by atoms with Crippen LogP contribution in [0.4, 0.5) is 0 Å². The number of rotatable bonds is 3. The van der Waals surface area contributed by atoms with Crippen molar-refractivity contribution in [1.29, 1.82) is 0 Å². The van der Waals surface area contributed by atoms with Crippen LogP contribution >= 0.6 is 0 Å². The lowest BCUT2D eigenvalue weighted by atomic mass is 10.0. The number of H-pyrrole nitrogens is 1. The first-order valence-corrected chi connectivity index (χ1v) is 6.35. The van der Waals surface area contributed by atoms with E-state index in [-0.39, 0.29) is 0 Å². The van der Waals surface area contributed by atoms with Gasteiger partial charge in [-0.1, -0.05) is 24.3 Å². The van der Waals surface area contributed by atoms with Gasteiger partial charge in [0, 0.05) is 18.7 Å². The van der Waals surface area contributed by atoms with Gasteiger partial charge in [-0.05, 0) is 30.2 Å². The molecule has 0 fully saturated rings. The van der Waals surface area contributed by atoms with Gasteiger partial charge in [-0.2, -0.15) is 0 Å². The van der Waals surface area contributed by atoms with Gasteiger partial charge in [0.25, 0.3) is 0 Å². The maximum Gasteiger partial charge on any atom is 0.177 e. The molecule has 96 valence electrons. The van der Waals surface area contributed by atoms with Crippen molar-refractivity contribution in [3.05, 3.63) is 59.0 Å². The number of imidazole rings is 1. The Hall–Kier alpha value is -2.20. The first-order valence-electron chi connectivity index (χ1n) is 6.35. The van der Waals surface area contributed by atoms with E-state index >= 15 is 0 Å². The van der Waals surface area contributed by atoms with Crippen LogP contribution in [0.2, 0.25) is 0 Å². The second-order valence-electron chi connectivity index (χ2n) is 4.66. The van der Waals surface area contributed by atoms with Gasteiger partial charge in [0.15, 0.2) is 5.65 Å². The number of hydrogen-bond donors (Lipinski definition) is 2. The molecule has 19 heavy (non-hydrogen) atoms. The predicted molar refractivity (Wildman–Crippen MR) is 75.8 cm³/mol. The van der Waals surface area contributed by atoms with E-state index in [0.29, 0.717) is 6.54 Å². The Kier molecular flexibility index (Phi) is 3.01. The zero-order valence-corrected chi connectivity index (χ0v) is 10.9. The summed E-state index contributed by atoms with van der Waals surface area (Å²) in [6.45, 7) is 2.52. The third kappa shape index (κ3) is 2.35. The smallest absolute Gasteiger partial charge is 0.177 e. The summed E-state index contributed by atoms with van der Waals surface area (Å²) < 4.78 is 0. The minimum absolute atomic E-state index is 0.549. The number of nitrogens with zero attached hydrogens (tertiary/aromatic N) is 2. The molecule has 2 heterocycles. The van der Waals surface area contributed by atoms with Gasteiger partial charge in [-0.15, -0.1) is 0 Å². The molecule has 0 aliphatic heterocycles. The third-order valence-electron chi connectivity index (χ3n) is 3.23. The van der Waals surface area contributed by atoms with E-state index in [2.05, 4.69) is 27.1 Å². The van der Waals surface area contributed by atoms with Crippen LogP contribution in [0.15, 0.2) is 36.4 Å². The highest BCUT2D eigenvalue weighted by Crippen LogP contribution is 2.15. The van der Waals surface area contributed by atoms with Crippen molar-refractivity contribution in [3.63, 3.8) is 0 Å². The third-order valence-corrected chi connectivity index (χ3v) is 3.23. The van der Waals surface area contributed by atoms with Gasteiger partial charge in [0.1, 0.15) is 5.82 Å². The Morgan fingerprint density at radius 3 is 2.63 bits per heavy atom. The van der Waals surface area contributed by atoms with Crippen LogP contribution in [0, 0.1) is 6.92 Å². The Morgan fingerprint density at radius 2 is 1.84 bits per heavy atom. The van der Waals surface area contributed by atoms with Crippen LogP contribution < -0.4 is 5.73 Å². The maximum absolute atomic E-state index is 5.76. The minimum Gasteiger partial charge on any atom is -0.340 e. The first-order chi connectivity index (χ1) is 9.26. The van der Waals surface area contributed by atoms with Gasteiger partial charge >= 0.3 is 0 Å². The summed E-state index contributed by atoms with van der Waals surface area (Å²) in [4.78, 5) is 12.3. The van der Waals surface area contributed by atoms with Crippen molar-refractivity contribution in [2.45, 2.75) is 19.9 Å². The zero-order chi connectivity index (χ0) is 13.2. The first kappa shape index (κ1) is 11.9. The van der Waals surface area contributed by atoms with E-state index in [4.69, 9.17) is 5.73 Å². The summed E-state index contributed by atoms with van der Waals surface area (Å²) in [5, 5.41) is 0. The Balaban J connectivity index is 1.96. The average Bonchev–Trinajstić information content (AvgIpc) is 2.80. The van der Waals surface area contributed by atoms with Crippen LogP contribution in [0.5, 0.6) is 0 Å².